The zero-order valence-electron chi connectivity index (χ0n) is 8.96. The van der Waals surface area contributed by atoms with E-state index >= 15 is 0 Å². The summed E-state index contributed by atoms with van der Waals surface area (Å²) >= 11 is 5.42. The molecule has 0 radical (unpaired) electrons. The molecule has 82 valence electrons. The lowest BCUT2D eigenvalue weighted by molar-refractivity contribution is 0.722. The Bertz CT molecular complexity index is 356. The Kier molecular flexibility index (Phi) is 3.57. The van der Waals surface area contributed by atoms with Crippen molar-refractivity contribution >= 4 is 33.4 Å². The molecule has 2 nitrogen and oxygen atoms in total. The van der Waals surface area contributed by atoms with Gasteiger partial charge in [-0.3, -0.25) is 0 Å². The number of hydrogen-bond acceptors (Lipinski definition) is 3. The van der Waals surface area contributed by atoms with Crippen molar-refractivity contribution in [1.29, 1.82) is 0 Å². The van der Waals surface area contributed by atoms with Crippen LogP contribution in [0, 0.1) is 6.92 Å². The minimum atomic E-state index is 0.594. The zero-order valence-corrected chi connectivity index (χ0v) is 11.4. The van der Waals surface area contributed by atoms with Crippen LogP contribution in [0.15, 0.2) is 16.7 Å². The van der Waals surface area contributed by atoms with E-state index in [2.05, 4.69) is 39.2 Å². The maximum atomic E-state index is 4.39. The second-order valence-corrected chi connectivity index (χ2v) is 6.18. The molecule has 0 aliphatic carbocycles. The highest BCUT2D eigenvalue weighted by molar-refractivity contribution is 9.10. The van der Waals surface area contributed by atoms with E-state index in [9.17, 15) is 0 Å². The summed E-state index contributed by atoms with van der Waals surface area (Å²) < 4.78 is 0.902. The Labute approximate surface area is 103 Å². The van der Waals surface area contributed by atoms with Gasteiger partial charge in [0.1, 0.15) is 4.60 Å². The molecule has 1 aromatic heterocycles. The highest BCUT2D eigenvalue weighted by Crippen LogP contribution is 2.29. The lowest BCUT2D eigenvalue weighted by Crippen LogP contribution is -2.25. The lowest BCUT2D eigenvalue weighted by atomic mass is 10.1. The maximum Gasteiger partial charge on any atom is 0.106 e. The molecule has 15 heavy (non-hydrogen) atoms. The van der Waals surface area contributed by atoms with Gasteiger partial charge in [-0.05, 0) is 47.2 Å². The van der Waals surface area contributed by atoms with Gasteiger partial charge in [-0.25, -0.2) is 4.98 Å². The molecular formula is C11H15BrN2S. The van der Waals surface area contributed by atoms with Crippen LogP contribution in [-0.4, -0.2) is 22.0 Å². The smallest absolute Gasteiger partial charge is 0.106 e. The first kappa shape index (κ1) is 11.3. The molecule has 0 spiro atoms. The van der Waals surface area contributed by atoms with Gasteiger partial charge in [0.05, 0.1) is 11.4 Å². The molecule has 2 unspecified atom stereocenters. The second-order valence-electron chi connectivity index (χ2n) is 3.88. The lowest BCUT2D eigenvalue weighted by Gasteiger charge is -2.19. The van der Waals surface area contributed by atoms with Crippen LogP contribution in [0.3, 0.4) is 0 Å². The van der Waals surface area contributed by atoms with Crippen LogP contribution < -0.4 is 5.32 Å². The minimum absolute atomic E-state index is 0.594. The van der Waals surface area contributed by atoms with Gasteiger partial charge in [-0.1, -0.05) is 6.92 Å². The third-order valence-electron chi connectivity index (χ3n) is 2.77. The number of aromatic nitrogens is 1. The van der Waals surface area contributed by atoms with Crippen molar-refractivity contribution in [3.8, 4) is 0 Å². The van der Waals surface area contributed by atoms with E-state index in [0.717, 1.165) is 16.0 Å². The molecule has 0 aromatic carbocycles. The zero-order chi connectivity index (χ0) is 10.8. The number of hydrogen-bond donors (Lipinski definition) is 1. The van der Waals surface area contributed by atoms with Crippen molar-refractivity contribution in [2.24, 2.45) is 0 Å². The normalized spacial score (nSPS) is 25.5. The molecule has 2 rings (SSSR count). The number of aryl methyl sites for hydroxylation is 1. The summed E-state index contributed by atoms with van der Waals surface area (Å²) in [5, 5.41) is 4.28. The molecule has 1 saturated heterocycles. The average molecular weight is 287 g/mol. The summed E-state index contributed by atoms with van der Waals surface area (Å²) in [6.45, 7) is 4.33. The van der Waals surface area contributed by atoms with Gasteiger partial charge in [0.25, 0.3) is 0 Å². The predicted octanol–water partition coefficient (Wildman–Crippen LogP) is 3.46. The van der Waals surface area contributed by atoms with Crippen molar-refractivity contribution < 1.29 is 0 Å². The number of halogens is 1. The Hall–Kier alpha value is -0.220. The number of thioether (sulfide) groups is 1. The number of nitrogens with zero attached hydrogens (tertiary/aromatic N) is 1. The Balaban J connectivity index is 2.10. The van der Waals surface area contributed by atoms with E-state index in [4.69, 9.17) is 0 Å². The largest absolute Gasteiger partial charge is 0.380 e. The SMILES string of the molecule is Cc1nc(Br)ccc1NC1CCSC1C. The van der Waals surface area contributed by atoms with Crippen LogP contribution in [0.1, 0.15) is 19.0 Å². The first-order chi connectivity index (χ1) is 7.16. The standard InChI is InChI=1S/C11H15BrN2S/c1-7-9(3-4-11(12)13-7)14-10-5-6-15-8(10)2/h3-4,8,10,14H,5-6H2,1-2H3. The van der Waals surface area contributed by atoms with E-state index < -0.39 is 0 Å². The summed E-state index contributed by atoms with van der Waals surface area (Å²) in [4.78, 5) is 4.39. The molecule has 1 fully saturated rings. The van der Waals surface area contributed by atoms with E-state index in [1.807, 2.05) is 24.8 Å². The van der Waals surface area contributed by atoms with Gasteiger partial charge in [0.15, 0.2) is 0 Å². The van der Waals surface area contributed by atoms with Gasteiger partial charge >= 0.3 is 0 Å². The van der Waals surface area contributed by atoms with Crippen molar-refractivity contribution in [2.45, 2.75) is 31.6 Å². The van der Waals surface area contributed by atoms with Crippen molar-refractivity contribution in [1.82, 2.24) is 4.98 Å². The molecule has 1 N–H and O–H groups in total. The Morgan fingerprint density at radius 2 is 2.33 bits per heavy atom. The van der Waals surface area contributed by atoms with Crippen LogP contribution in [0.4, 0.5) is 5.69 Å². The Morgan fingerprint density at radius 3 is 2.93 bits per heavy atom. The van der Waals surface area contributed by atoms with Gasteiger partial charge < -0.3 is 5.32 Å². The molecule has 4 heteroatoms. The predicted molar refractivity (Wildman–Crippen MR) is 70.6 cm³/mol. The van der Waals surface area contributed by atoms with E-state index in [-0.39, 0.29) is 0 Å². The molecule has 1 aromatic rings. The topological polar surface area (TPSA) is 24.9 Å². The molecule has 2 atom stereocenters. The number of pyridine rings is 1. The summed E-state index contributed by atoms with van der Waals surface area (Å²) in [6, 6.07) is 4.68. The minimum Gasteiger partial charge on any atom is -0.380 e. The number of nitrogens with one attached hydrogen (secondary N) is 1. The molecule has 0 bridgehead atoms. The van der Waals surface area contributed by atoms with Crippen molar-refractivity contribution in [2.75, 3.05) is 11.1 Å². The summed E-state index contributed by atoms with van der Waals surface area (Å²) in [6.07, 6.45) is 1.25. The number of rotatable bonds is 2. The van der Waals surface area contributed by atoms with Gasteiger partial charge in [0.2, 0.25) is 0 Å². The third-order valence-corrected chi connectivity index (χ3v) is 4.54. The second kappa shape index (κ2) is 4.74. The fourth-order valence-electron chi connectivity index (χ4n) is 1.80. The summed E-state index contributed by atoms with van der Waals surface area (Å²) in [5.41, 5.74) is 2.23. The molecular weight excluding hydrogens is 272 g/mol. The highest BCUT2D eigenvalue weighted by Gasteiger charge is 2.24. The fraction of sp³-hybridized carbons (Fsp3) is 0.545. The summed E-state index contributed by atoms with van der Waals surface area (Å²) in [5.74, 6) is 1.27. The Morgan fingerprint density at radius 1 is 1.53 bits per heavy atom. The van der Waals surface area contributed by atoms with Gasteiger partial charge in [0, 0.05) is 11.3 Å². The first-order valence-corrected chi connectivity index (χ1v) is 7.02. The van der Waals surface area contributed by atoms with E-state index in [0.29, 0.717) is 11.3 Å². The van der Waals surface area contributed by atoms with Gasteiger partial charge in [-0.2, -0.15) is 11.8 Å². The quantitative estimate of drug-likeness (QED) is 0.843. The first-order valence-electron chi connectivity index (χ1n) is 5.18. The molecule has 1 aliphatic heterocycles. The maximum absolute atomic E-state index is 4.39. The fourth-order valence-corrected chi connectivity index (χ4v) is 3.40. The van der Waals surface area contributed by atoms with Gasteiger partial charge in [-0.15, -0.1) is 0 Å². The van der Waals surface area contributed by atoms with Crippen LogP contribution in [-0.2, 0) is 0 Å². The van der Waals surface area contributed by atoms with Crippen LogP contribution in [0.25, 0.3) is 0 Å². The average Bonchev–Trinajstić information content (AvgIpc) is 2.57. The van der Waals surface area contributed by atoms with Crippen LogP contribution in [0.2, 0.25) is 0 Å². The van der Waals surface area contributed by atoms with E-state index in [1.165, 1.54) is 12.2 Å². The molecule has 2 heterocycles. The molecule has 0 saturated carbocycles. The monoisotopic (exact) mass is 286 g/mol. The van der Waals surface area contributed by atoms with Crippen LogP contribution >= 0.6 is 27.7 Å². The summed E-state index contributed by atoms with van der Waals surface area (Å²) in [7, 11) is 0. The van der Waals surface area contributed by atoms with Crippen molar-refractivity contribution in [3.05, 3.63) is 22.4 Å². The molecule has 1 aliphatic rings. The molecule has 0 amide bonds. The highest BCUT2D eigenvalue weighted by atomic mass is 79.9. The number of anilines is 1. The van der Waals surface area contributed by atoms with Crippen molar-refractivity contribution in [3.63, 3.8) is 0 Å². The van der Waals surface area contributed by atoms with Crippen LogP contribution in [0.5, 0.6) is 0 Å². The third kappa shape index (κ3) is 2.67. The van der Waals surface area contributed by atoms with E-state index in [1.54, 1.807) is 0 Å².